The number of nitrogens with zero attached hydrogens (tertiary/aromatic N) is 3. The van der Waals surface area contributed by atoms with E-state index >= 15 is 0 Å². The molecule has 1 aromatic carbocycles. The van der Waals surface area contributed by atoms with Gasteiger partial charge in [0.15, 0.2) is 0 Å². The minimum atomic E-state index is -0.402. The number of aromatic amines is 1. The molecule has 3 rings (SSSR count). The molecule has 2 heterocycles. The Morgan fingerprint density at radius 3 is 3.00 bits per heavy atom. The average molecular weight is 332 g/mol. The lowest BCUT2D eigenvalue weighted by Gasteiger charge is -2.12. The van der Waals surface area contributed by atoms with E-state index in [1.807, 2.05) is 25.1 Å². The van der Waals surface area contributed by atoms with Crippen molar-refractivity contribution in [3.05, 3.63) is 47.0 Å². The molecule has 2 N–H and O–H groups in total. The van der Waals surface area contributed by atoms with Gasteiger partial charge in [0.1, 0.15) is 11.9 Å². The lowest BCUT2D eigenvalue weighted by molar-refractivity contribution is -0.124. The number of aromatic nitrogens is 4. The number of aryl methyl sites for hydroxylation is 1. The molecule has 1 atom stereocenters. The van der Waals surface area contributed by atoms with Crippen molar-refractivity contribution < 1.29 is 4.79 Å². The second-order valence-corrected chi connectivity index (χ2v) is 5.95. The molecular formula is C16H18ClN5O. The maximum absolute atomic E-state index is 12.1. The Kier molecular flexibility index (Phi) is 4.34. The van der Waals surface area contributed by atoms with Crippen LogP contribution in [0, 0.1) is 6.92 Å². The average Bonchev–Trinajstić information content (AvgIpc) is 3.13. The Morgan fingerprint density at radius 1 is 1.48 bits per heavy atom. The van der Waals surface area contributed by atoms with Gasteiger partial charge >= 0.3 is 0 Å². The van der Waals surface area contributed by atoms with Crippen LogP contribution in [0.5, 0.6) is 0 Å². The van der Waals surface area contributed by atoms with Gasteiger partial charge in [-0.05, 0) is 25.5 Å². The number of H-pyrrole nitrogens is 1. The fourth-order valence-corrected chi connectivity index (χ4v) is 2.59. The van der Waals surface area contributed by atoms with Crippen molar-refractivity contribution in [1.82, 2.24) is 25.1 Å². The molecule has 1 amide bonds. The maximum Gasteiger partial charge on any atom is 0.244 e. The van der Waals surface area contributed by atoms with Crippen molar-refractivity contribution in [1.29, 1.82) is 0 Å². The molecule has 2 aromatic heterocycles. The molecule has 6 nitrogen and oxygen atoms in total. The van der Waals surface area contributed by atoms with Crippen LogP contribution in [0.4, 0.5) is 0 Å². The third-order valence-electron chi connectivity index (χ3n) is 3.77. The molecule has 120 valence electrons. The lowest BCUT2D eigenvalue weighted by atomic mass is 10.2. The minimum Gasteiger partial charge on any atom is -0.354 e. The fraction of sp³-hybridized carbons (Fsp3) is 0.312. The van der Waals surface area contributed by atoms with Crippen molar-refractivity contribution in [2.45, 2.75) is 26.3 Å². The summed E-state index contributed by atoms with van der Waals surface area (Å²) in [6.45, 7) is 4.33. The van der Waals surface area contributed by atoms with Gasteiger partial charge in [-0.3, -0.25) is 9.48 Å². The molecule has 0 aliphatic heterocycles. The number of benzene rings is 1. The van der Waals surface area contributed by atoms with Crippen LogP contribution in [0.1, 0.15) is 24.4 Å². The molecule has 0 aliphatic carbocycles. The first-order chi connectivity index (χ1) is 11.0. The van der Waals surface area contributed by atoms with Crippen LogP contribution in [0.15, 0.2) is 30.6 Å². The number of halogens is 1. The van der Waals surface area contributed by atoms with E-state index in [9.17, 15) is 4.79 Å². The Balaban J connectivity index is 1.57. The number of rotatable bonds is 5. The Labute approximate surface area is 138 Å². The zero-order chi connectivity index (χ0) is 16.4. The van der Waals surface area contributed by atoms with Gasteiger partial charge in [0.25, 0.3) is 0 Å². The molecule has 7 heteroatoms. The zero-order valence-electron chi connectivity index (χ0n) is 13.0. The van der Waals surface area contributed by atoms with Gasteiger partial charge in [-0.25, -0.2) is 4.98 Å². The summed E-state index contributed by atoms with van der Waals surface area (Å²) in [4.78, 5) is 20.0. The van der Waals surface area contributed by atoms with Gasteiger partial charge in [0, 0.05) is 19.2 Å². The number of fused-ring (bicyclic) bond motifs is 1. The van der Waals surface area contributed by atoms with Gasteiger partial charge in [0.05, 0.1) is 22.3 Å². The van der Waals surface area contributed by atoms with Crippen LogP contribution in [-0.4, -0.2) is 32.2 Å². The second-order valence-electron chi connectivity index (χ2n) is 5.51. The molecule has 0 aliphatic rings. The summed E-state index contributed by atoms with van der Waals surface area (Å²) in [7, 11) is 0. The smallest absolute Gasteiger partial charge is 0.244 e. The summed E-state index contributed by atoms with van der Waals surface area (Å²) in [6, 6.07) is 5.63. The summed E-state index contributed by atoms with van der Waals surface area (Å²) < 4.78 is 1.54. The third-order valence-corrected chi connectivity index (χ3v) is 3.97. The Morgan fingerprint density at radius 2 is 2.30 bits per heavy atom. The summed E-state index contributed by atoms with van der Waals surface area (Å²) in [6.07, 6.45) is 3.79. The van der Waals surface area contributed by atoms with Crippen molar-refractivity contribution in [2.75, 3.05) is 6.54 Å². The highest BCUT2D eigenvalue weighted by molar-refractivity contribution is 6.30. The summed E-state index contributed by atoms with van der Waals surface area (Å²) in [5.41, 5.74) is 3.14. The third kappa shape index (κ3) is 3.37. The van der Waals surface area contributed by atoms with Crippen LogP contribution in [0.3, 0.4) is 0 Å². The number of carbonyl (C=O) groups excluding carboxylic acids is 1. The van der Waals surface area contributed by atoms with E-state index in [1.54, 1.807) is 17.8 Å². The predicted molar refractivity (Wildman–Crippen MR) is 89.5 cm³/mol. The van der Waals surface area contributed by atoms with E-state index in [0.717, 1.165) is 22.4 Å². The highest BCUT2D eigenvalue weighted by atomic mass is 35.5. The van der Waals surface area contributed by atoms with Crippen molar-refractivity contribution in [2.24, 2.45) is 0 Å². The second kappa shape index (κ2) is 6.42. The summed E-state index contributed by atoms with van der Waals surface area (Å²) in [5, 5.41) is 7.46. The van der Waals surface area contributed by atoms with Crippen molar-refractivity contribution >= 4 is 28.5 Å². The highest BCUT2D eigenvalue weighted by Gasteiger charge is 2.15. The molecule has 0 saturated carbocycles. The molecule has 3 aromatic rings. The van der Waals surface area contributed by atoms with E-state index in [0.29, 0.717) is 18.0 Å². The van der Waals surface area contributed by atoms with E-state index in [1.165, 1.54) is 6.20 Å². The highest BCUT2D eigenvalue weighted by Crippen LogP contribution is 2.15. The lowest BCUT2D eigenvalue weighted by Crippen LogP contribution is -2.32. The molecule has 0 unspecified atom stereocenters. The molecule has 0 bridgehead atoms. The van der Waals surface area contributed by atoms with Gasteiger partial charge in [-0.2, -0.15) is 5.10 Å². The zero-order valence-corrected chi connectivity index (χ0v) is 13.8. The first-order valence-corrected chi connectivity index (χ1v) is 7.84. The van der Waals surface area contributed by atoms with E-state index in [-0.39, 0.29) is 5.91 Å². The minimum absolute atomic E-state index is 0.0999. The van der Waals surface area contributed by atoms with E-state index in [4.69, 9.17) is 11.6 Å². The van der Waals surface area contributed by atoms with Crippen LogP contribution in [0.2, 0.25) is 5.02 Å². The molecule has 0 radical (unpaired) electrons. The number of carbonyl (C=O) groups is 1. The monoisotopic (exact) mass is 331 g/mol. The number of hydrogen-bond acceptors (Lipinski definition) is 3. The Bertz CT molecular complexity index is 838. The van der Waals surface area contributed by atoms with E-state index in [2.05, 4.69) is 20.4 Å². The van der Waals surface area contributed by atoms with E-state index < -0.39 is 6.04 Å². The first kappa shape index (κ1) is 15.6. The molecule has 0 spiro atoms. The number of hydrogen-bond donors (Lipinski definition) is 2. The number of para-hydroxylation sites is 1. The largest absolute Gasteiger partial charge is 0.354 e. The fourth-order valence-electron chi connectivity index (χ4n) is 2.44. The normalized spacial score (nSPS) is 12.5. The van der Waals surface area contributed by atoms with Crippen molar-refractivity contribution in [3.8, 4) is 0 Å². The topological polar surface area (TPSA) is 75.6 Å². The van der Waals surface area contributed by atoms with Gasteiger partial charge in [-0.1, -0.05) is 23.7 Å². The number of imidazole rings is 1. The maximum atomic E-state index is 12.1. The van der Waals surface area contributed by atoms with Crippen LogP contribution in [0.25, 0.3) is 11.0 Å². The standard InChI is InChI=1S/C16H18ClN5O/c1-10-4-3-5-13-15(10)21-14(20-13)6-7-18-16(23)11(2)22-9-12(17)8-19-22/h3-5,8-9,11H,6-7H2,1-2H3,(H,18,23)(H,20,21)/t11-/m0/s1. The molecule has 0 fully saturated rings. The summed E-state index contributed by atoms with van der Waals surface area (Å²) in [5.74, 6) is 0.765. The van der Waals surface area contributed by atoms with Crippen LogP contribution in [-0.2, 0) is 11.2 Å². The Hall–Kier alpha value is -2.34. The summed E-state index contributed by atoms with van der Waals surface area (Å²) >= 11 is 5.82. The first-order valence-electron chi connectivity index (χ1n) is 7.46. The molecule has 0 saturated heterocycles. The number of nitrogens with one attached hydrogen (secondary N) is 2. The van der Waals surface area contributed by atoms with Gasteiger partial charge in [-0.15, -0.1) is 0 Å². The SMILES string of the molecule is Cc1cccc2[nH]c(CCNC(=O)[C@H](C)n3cc(Cl)cn3)nc12. The van der Waals surface area contributed by atoms with Crippen LogP contribution >= 0.6 is 11.6 Å². The van der Waals surface area contributed by atoms with Gasteiger partial charge < -0.3 is 10.3 Å². The predicted octanol–water partition coefficient (Wildman–Crippen LogP) is 2.64. The number of amides is 1. The van der Waals surface area contributed by atoms with Crippen molar-refractivity contribution in [3.63, 3.8) is 0 Å². The molecule has 23 heavy (non-hydrogen) atoms. The molecular weight excluding hydrogens is 314 g/mol. The van der Waals surface area contributed by atoms with Gasteiger partial charge in [0.2, 0.25) is 5.91 Å². The van der Waals surface area contributed by atoms with Crippen LogP contribution < -0.4 is 5.32 Å². The quantitative estimate of drug-likeness (QED) is 0.754.